The predicted molar refractivity (Wildman–Crippen MR) is 65.1 cm³/mol. The summed E-state index contributed by atoms with van der Waals surface area (Å²) in [6.07, 6.45) is 3.79. The molecule has 1 aromatic rings. The third-order valence-electron chi connectivity index (χ3n) is 3.07. The average molecular weight is 236 g/mol. The van der Waals surface area contributed by atoms with Crippen molar-refractivity contribution in [2.75, 3.05) is 12.4 Å². The molecule has 5 heteroatoms. The highest BCUT2D eigenvalue weighted by Gasteiger charge is 2.19. The zero-order valence-electron chi connectivity index (χ0n) is 9.81. The molecule has 0 atom stereocenters. The molecule has 0 heterocycles. The van der Waals surface area contributed by atoms with Gasteiger partial charge in [-0.25, -0.2) is 0 Å². The Hall–Kier alpha value is -1.62. The van der Waals surface area contributed by atoms with Gasteiger partial charge >= 0.3 is 0 Å². The number of ether oxygens (including phenoxy) is 1. The number of nitrogens with zero attached hydrogens (tertiary/aromatic N) is 1. The largest absolute Gasteiger partial charge is 0.383 e. The number of nitro benzene ring substituents is 1. The van der Waals surface area contributed by atoms with E-state index in [9.17, 15) is 10.1 Å². The first-order valence-electron chi connectivity index (χ1n) is 5.77. The van der Waals surface area contributed by atoms with Crippen LogP contribution in [0, 0.1) is 10.1 Å². The Morgan fingerprint density at radius 2 is 2.29 bits per heavy atom. The SMILES string of the molecule is CNc1ccc(COC2CCC2)cc1[N+](=O)[O-]. The monoisotopic (exact) mass is 236 g/mol. The van der Waals surface area contributed by atoms with Crippen LogP contribution in [0.15, 0.2) is 18.2 Å². The minimum atomic E-state index is -0.376. The highest BCUT2D eigenvalue weighted by Crippen LogP contribution is 2.27. The molecule has 0 aliphatic heterocycles. The van der Waals surface area contributed by atoms with E-state index in [0.717, 1.165) is 18.4 Å². The van der Waals surface area contributed by atoms with Gasteiger partial charge in [0.2, 0.25) is 0 Å². The summed E-state index contributed by atoms with van der Waals surface area (Å²) in [5.74, 6) is 0. The normalized spacial score (nSPS) is 15.4. The number of rotatable bonds is 5. The maximum atomic E-state index is 10.9. The van der Waals surface area contributed by atoms with E-state index in [1.807, 2.05) is 6.07 Å². The van der Waals surface area contributed by atoms with Crippen molar-refractivity contribution in [1.82, 2.24) is 0 Å². The van der Waals surface area contributed by atoms with Crippen LogP contribution < -0.4 is 5.32 Å². The molecule has 1 aromatic carbocycles. The van der Waals surface area contributed by atoms with E-state index in [1.54, 1.807) is 19.2 Å². The number of benzene rings is 1. The molecular weight excluding hydrogens is 220 g/mol. The van der Waals surface area contributed by atoms with Crippen molar-refractivity contribution in [3.63, 3.8) is 0 Å². The molecule has 0 amide bonds. The van der Waals surface area contributed by atoms with Crippen molar-refractivity contribution in [3.8, 4) is 0 Å². The molecule has 0 aromatic heterocycles. The Bertz CT molecular complexity index is 416. The average Bonchev–Trinajstić information content (AvgIpc) is 2.26. The molecule has 1 aliphatic rings. The molecule has 5 nitrogen and oxygen atoms in total. The van der Waals surface area contributed by atoms with Gasteiger partial charge in [0.05, 0.1) is 17.6 Å². The van der Waals surface area contributed by atoms with Gasteiger partial charge in [0, 0.05) is 13.1 Å². The van der Waals surface area contributed by atoms with Crippen LogP contribution in [-0.4, -0.2) is 18.1 Å². The van der Waals surface area contributed by atoms with Crippen LogP contribution in [0.5, 0.6) is 0 Å². The van der Waals surface area contributed by atoms with Crippen LogP contribution in [0.3, 0.4) is 0 Å². The number of nitrogens with one attached hydrogen (secondary N) is 1. The lowest BCUT2D eigenvalue weighted by molar-refractivity contribution is -0.384. The molecule has 0 bridgehead atoms. The number of anilines is 1. The van der Waals surface area contributed by atoms with E-state index in [4.69, 9.17) is 4.74 Å². The standard InChI is InChI=1S/C12H16N2O3/c1-13-11-6-5-9(7-12(11)14(15)16)8-17-10-3-2-4-10/h5-7,10,13H,2-4,8H2,1H3. The molecule has 1 aliphatic carbocycles. The van der Waals surface area contributed by atoms with Crippen molar-refractivity contribution in [1.29, 1.82) is 0 Å². The fraction of sp³-hybridized carbons (Fsp3) is 0.500. The minimum absolute atomic E-state index is 0.0993. The molecule has 17 heavy (non-hydrogen) atoms. The Balaban J connectivity index is 2.06. The van der Waals surface area contributed by atoms with Crippen molar-refractivity contribution in [2.45, 2.75) is 32.0 Å². The van der Waals surface area contributed by atoms with Crippen molar-refractivity contribution < 1.29 is 9.66 Å². The second-order valence-electron chi connectivity index (χ2n) is 4.22. The van der Waals surface area contributed by atoms with Crippen LogP contribution >= 0.6 is 0 Å². The molecule has 0 radical (unpaired) electrons. The van der Waals surface area contributed by atoms with Gasteiger partial charge in [-0.3, -0.25) is 10.1 Å². The lowest BCUT2D eigenvalue weighted by Crippen LogP contribution is -2.21. The summed E-state index contributed by atoms with van der Waals surface area (Å²) in [5.41, 5.74) is 1.48. The van der Waals surface area contributed by atoms with Crippen LogP contribution in [0.4, 0.5) is 11.4 Å². The van der Waals surface area contributed by atoms with Gasteiger partial charge in [-0.1, -0.05) is 6.07 Å². The fourth-order valence-electron chi connectivity index (χ4n) is 1.78. The number of nitro groups is 1. The molecule has 1 saturated carbocycles. The highest BCUT2D eigenvalue weighted by atomic mass is 16.6. The van der Waals surface area contributed by atoms with Crippen molar-refractivity contribution in [3.05, 3.63) is 33.9 Å². The quantitative estimate of drug-likeness (QED) is 0.630. The first-order chi connectivity index (χ1) is 8.20. The minimum Gasteiger partial charge on any atom is -0.383 e. The predicted octanol–water partition coefficient (Wildman–Crippen LogP) is 2.71. The van der Waals surface area contributed by atoms with Crippen molar-refractivity contribution in [2.24, 2.45) is 0 Å². The maximum absolute atomic E-state index is 10.9. The summed E-state index contributed by atoms with van der Waals surface area (Å²) < 4.78 is 5.63. The Kier molecular flexibility index (Phi) is 3.58. The summed E-state index contributed by atoms with van der Waals surface area (Å²) in [5, 5.41) is 13.7. The van der Waals surface area contributed by atoms with Gasteiger partial charge in [0.1, 0.15) is 5.69 Å². The van der Waals surface area contributed by atoms with Crippen molar-refractivity contribution >= 4 is 11.4 Å². The van der Waals surface area contributed by atoms with Crippen LogP contribution in [0.2, 0.25) is 0 Å². The number of hydrogen-bond acceptors (Lipinski definition) is 4. The summed E-state index contributed by atoms with van der Waals surface area (Å²) in [4.78, 5) is 10.5. The highest BCUT2D eigenvalue weighted by molar-refractivity contribution is 5.62. The van der Waals surface area contributed by atoms with Crippen LogP contribution in [0.25, 0.3) is 0 Å². The van der Waals surface area contributed by atoms with Gasteiger partial charge < -0.3 is 10.1 Å². The van der Waals surface area contributed by atoms with Gasteiger partial charge in [-0.05, 0) is 30.9 Å². The Labute approximate surface area is 99.9 Å². The Morgan fingerprint density at radius 1 is 1.53 bits per heavy atom. The summed E-state index contributed by atoms with van der Waals surface area (Å²) in [7, 11) is 1.67. The number of hydrogen-bond donors (Lipinski definition) is 1. The van der Waals surface area contributed by atoms with Gasteiger partial charge in [-0.2, -0.15) is 0 Å². The molecule has 1 fully saturated rings. The smallest absolute Gasteiger partial charge is 0.292 e. The van der Waals surface area contributed by atoms with Gasteiger partial charge in [0.25, 0.3) is 5.69 Å². The van der Waals surface area contributed by atoms with E-state index in [-0.39, 0.29) is 10.6 Å². The maximum Gasteiger partial charge on any atom is 0.292 e. The first kappa shape index (κ1) is 11.9. The molecule has 0 saturated heterocycles. The summed E-state index contributed by atoms with van der Waals surface area (Å²) in [6.45, 7) is 0.454. The lowest BCUT2D eigenvalue weighted by atomic mass is 9.96. The summed E-state index contributed by atoms with van der Waals surface area (Å²) in [6, 6.07) is 5.15. The van der Waals surface area contributed by atoms with E-state index in [1.165, 1.54) is 6.42 Å². The Morgan fingerprint density at radius 3 is 2.82 bits per heavy atom. The molecule has 92 valence electrons. The van der Waals surface area contributed by atoms with E-state index < -0.39 is 0 Å². The van der Waals surface area contributed by atoms with Gasteiger partial charge in [0.15, 0.2) is 0 Å². The van der Waals surface area contributed by atoms with E-state index in [0.29, 0.717) is 18.4 Å². The zero-order chi connectivity index (χ0) is 12.3. The molecule has 2 rings (SSSR count). The third-order valence-corrected chi connectivity index (χ3v) is 3.07. The first-order valence-corrected chi connectivity index (χ1v) is 5.77. The van der Waals surface area contributed by atoms with Gasteiger partial charge in [-0.15, -0.1) is 0 Å². The second kappa shape index (κ2) is 5.14. The second-order valence-corrected chi connectivity index (χ2v) is 4.22. The molecule has 0 unspecified atom stereocenters. The molecule has 1 N–H and O–H groups in total. The zero-order valence-corrected chi connectivity index (χ0v) is 9.81. The summed E-state index contributed by atoms with van der Waals surface area (Å²) >= 11 is 0. The molecule has 0 spiro atoms. The third kappa shape index (κ3) is 2.74. The topological polar surface area (TPSA) is 64.4 Å². The van der Waals surface area contributed by atoms with E-state index in [2.05, 4.69) is 5.32 Å². The van der Waals surface area contributed by atoms with E-state index >= 15 is 0 Å². The molecular formula is C12H16N2O3. The lowest BCUT2D eigenvalue weighted by Gasteiger charge is -2.25. The van der Waals surface area contributed by atoms with Crippen LogP contribution in [0.1, 0.15) is 24.8 Å². The fourth-order valence-corrected chi connectivity index (χ4v) is 1.78. The van der Waals surface area contributed by atoms with Crippen LogP contribution in [-0.2, 0) is 11.3 Å².